The molecule has 0 spiro atoms. The van der Waals surface area contributed by atoms with Crippen LogP contribution in [0.3, 0.4) is 0 Å². The maximum absolute atomic E-state index is 14.1. The molecule has 2 unspecified atom stereocenters. The molecule has 2 aromatic heterocycles. The minimum atomic E-state index is -0.743. The number of pyridine rings is 1. The number of carbonyl (C=O) groups is 3. The molecule has 1 fully saturated rings. The summed E-state index contributed by atoms with van der Waals surface area (Å²) in [5, 5.41) is 19.0. The summed E-state index contributed by atoms with van der Waals surface area (Å²) < 4.78 is 0. The van der Waals surface area contributed by atoms with Gasteiger partial charge in [-0.3, -0.25) is 19.9 Å². The number of benzene rings is 1. The third-order valence-electron chi connectivity index (χ3n) is 7.85. The lowest BCUT2D eigenvalue weighted by Crippen LogP contribution is -2.42. The predicted octanol–water partition coefficient (Wildman–Crippen LogP) is 7.40. The van der Waals surface area contributed by atoms with Crippen molar-refractivity contribution in [1.29, 1.82) is 0 Å². The number of aliphatic hydroxyl groups is 1. The number of aryl methyl sites for hydroxylation is 1. The number of hydrogen-bond acceptors (Lipinski definition) is 6. The van der Waals surface area contributed by atoms with Crippen LogP contribution in [0.5, 0.6) is 0 Å². The highest BCUT2D eigenvalue weighted by Crippen LogP contribution is 2.41. The van der Waals surface area contributed by atoms with E-state index in [1.807, 2.05) is 51.1 Å². The highest BCUT2D eigenvalue weighted by molar-refractivity contribution is 7.16. The van der Waals surface area contributed by atoms with Crippen LogP contribution >= 0.6 is 11.3 Å². The summed E-state index contributed by atoms with van der Waals surface area (Å²) in [7, 11) is 0. The molecule has 9 heteroatoms. The summed E-state index contributed by atoms with van der Waals surface area (Å²) in [6, 6.07) is 10.7. The van der Waals surface area contributed by atoms with Gasteiger partial charge in [-0.05, 0) is 67.5 Å². The molecule has 3 aromatic rings. The second-order valence-corrected chi connectivity index (χ2v) is 14.1. The number of rotatable bonds is 6. The third-order valence-corrected chi connectivity index (χ3v) is 9.33. The van der Waals surface area contributed by atoms with Crippen molar-refractivity contribution in [2.75, 3.05) is 17.2 Å². The molecule has 0 aliphatic carbocycles. The van der Waals surface area contributed by atoms with E-state index < -0.39 is 23.5 Å². The number of Topliss-reactive ketones (excluding diaryl/α,β-unsaturated/α-hetero) is 1. The van der Waals surface area contributed by atoms with Crippen LogP contribution in [0.4, 0.5) is 15.5 Å². The lowest BCUT2D eigenvalue weighted by molar-refractivity contribution is -0.130. The lowest BCUT2D eigenvalue weighted by atomic mass is 9.74. The quantitative estimate of drug-likeness (QED) is 0.173. The molecule has 228 valence electrons. The van der Waals surface area contributed by atoms with Gasteiger partial charge in [0.15, 0.2) is 5.78 Å². The van der Waals surface area contributed by atoms with E-state index in [0.29, 0.717) is 41.3 Å². The van der Waals surface area contributed by atoms with Crippen LogP contribution in [-0.4, -0.2) is 34.4 Å². The highest BCUT2D eigenvalue weighted by atomic mass is 32.1. The monoisotopic (exact) mass is 602 g/mol. The van der Waals surface area contributed by atoms with Crippen molar-refractivity contribution in [2.45, 2.75) is 72.8 Å². The smallest absolute Gasteiger partial charge is 0.324 e. The molecule has 3 heterocycles. The van der Waals surface area contributed by atoms with Gasteiger partial charge in [-0.15, -0.1) is 11.3 Å². The fourth-order valence-electron chi connectivity index (χ4n) is 5.09. The Balaban J connectivity index is 1.60. The van der Waals surface area contributed by atoms with Gasteiger partial charge in [0.1, 0.15) is 5.00 Å². The molecule has 0 bridgehead atoms. The summed E-state index contributed by atoms with van der Waals surface area (Å²) in [5.41, 5.74) is 4.17. The van der Waals surface area contributed by atoms with Crippen molar-refractivity contribution < 1.29 is 19.5 Å². The van der Waals surface area contributed by atoms with Gasteiger partial charge in [0.05, 0.1) is 17.4 Å². The number of ketones is 1. The minimum absolute atomic E-state index is 0.0802. The number of hydrogen-bond donors (Lipinski definition) is 4. The number of nitrogens with zero attached hydrogens (tertiary/aromatic N) is 1. The van der Waals surface area contributed by atoms with Crippen LogP contribution < -0.4 is 16.0 Å². The first kappa shape index (κ1) is 32.1. The fourth-order valence-corrected chi connectivity index (χ4v) is 6.20. The zero-order valence-corrected chi connectivity index (χ0v) is 26.9. The second-order valence-electron chi connectivity index (χ2n) is 13.0. The SMILES string of the molecule is C=C1CCNC(=O)C(C)(C)CC1C(=O)c1cc(C(C)(C)C)sc1NC(=O)Nc1ccc(C)c(-c2ccc(C(C)O)nc2)c1. The van der Waals surface area contributed by atoms with Crippen molar-refractivity contribution in [1.82, 2.24) is 10.3 Å². The maximum Gasteiger partial charge on any atom is 0.324 e. The molecular formula is C34H42N4O4S. The molecule has 43 heavy (non-hydrogen) atoms. The molecule has 1 aliphatic rings. The summed E-state index contributed by atoms with van der Waals surface area (Å²) in [4.78, 5) is 45.4. The van der Waals surface area contributed by atoms with Gasteiger partial charge in [0, 0.05) is 40.2 Å². The first-order chi connectivity index (χ1) is 20.1. The van der Waals surface area contributed by atoms with E-state index in [9.17, 15) is 19.5 Å². The number of urea groups is 1. The number of anilines is 2. The number of amides is 3. The Morgan fingerprint density at radius 1 is 1.16 bits per heavy atom. The van der Waals surface area contributed by atoms with Crippen LogP contribution in [0.25, 0.3) is 11.1 Å². The Morgan fingerprint density at radius 3 is 2.51 bits per heavy atom. The summed E-state index contributed by atoms with van der Waals surface area (Å²) in [5.74, 6) is -0.760. The number of carbonyl (C=O) groups excluding carboxylic acids is 3. The van der Waals surface area contributed by atoms with Gasteiger partial charge in [0.2, 0.25) is 5.91 Å². The zero-order valence-electron chi connectivity index (χ0n) is 26.1. The molecule has 1 aliphatic heterocycles. The molecular weight excluding hydrogens is 560 g/mol. The van der Waals surface area contributed by atoms with Crippen molar-refractivity contribution in [3.63, 3.8) is 0 Å². The van der Waals surface area contributed by atoms with Crippen LogP contribution in [0.2, 0.25) is 0 Å². The molecule has 4 rings (SSSR count). The van der Waals surface area contributed by atoms with Gasteiger partial charge in [0.25, 0.3) is 0 Å². The average Bonchev–Trinajstić information content (AvgIpc) is 3.36. The maximum atomic E-state index is 14.1. The average molecular weight is 603 g/mol. The predicted molar refractivity (Wildman–Crippen MR) is 174 cm³/mol. The van der Waals surface area contributed by atoms with E-state index in [1.165, 1.54) is 11.3 Å². The summed E-state index contributed by atoms with van der Waals surface area (Å²) >= 11 is 1.38. The second kappa shape index (κ2) is 12.4. The van der Waals surface area contributed by atoms with Crippen molar-refractivity contribution >= 4 is 39.7 Å². The van der Waals surface area contributed by atoms with Gasteiger partial charge >= 0.3 is 6.03 Å². The summed E-state index contributed by atoms with van der Waals surface area (Å²) in [6.45, 7) is 18.2. The van der Waals surface area contributed by atoms with E-state index in [4.69, 9.17) is 0 Å². The molecule has 2 atom stereocenters. The van der Waals surface area contributed by atoms with Gasteiger partial charge < -0.3 is 15.7 Å². The largest absolute Gasteiger partial charge is 0.387 e. The van der Waals surface area contributed by atoms with Crippen LogP contribution in [0.15, 0.2) is 54.7 Å². The lowest BCUT2D eigenvalue weighted by Gasteiger charge is -2.32. The Labute approximate surface area is 258 Å². The van der Waals surface area contributed by atoms with E-state index >= 15 is 0 Å². The molecule has 0 saturated carbocycles. The Bertz CT molecular complexity index is 1550. The van der Waals surface area contributed by atoms with Gasteiger partial charge in [-0.1, -0.05) is 58.9 Å². The van der Waals surface area contributed by atoms with E-state index in [1.54, 1.807) is 19.2 Å². The number of nitrogens with one attached hydrogen (secondary N) is 3. The molecule has 1 saturated heterocycles. The van der Waals surface area contributed by atoms with Gasteiger partial charge in [-0.25, -0.2) is 4.79 Å². The zero-order chi connectivity index (χ0) is 31.7. The van der Waals surface area contributed by atoms with Crippen molar-refractivity contribution in [3.8, 4) is 11.1 Å². The molecule has 3 amide bonds. The minimum Gasteiger partial charge on any atom is -0.387 e. The molecule has 1 aromatic carbocycles. The normalized spacial score (nSPS) is 17.8. The van der Waals surface area contributed by atoms with Crippen LogP contribution in [-0.2, 0) is 10.2 Å². The first-order valence-electron chi connectivity index (χ1n) is 14.5. The topological polar surface area (TPSA) is 120 Å². The number of aliphatic hydroxyl groups excluding tert-OH is 1. The fraction of sp³-hybridized carbons (Fsp3) is 0.412. The number of aromatic nitrogens is 1. The molecule has 4 N–H and O–H groups in total. The van der Waals surface area contributed by atoms with Crippen LogP contribution in [0, 0.1) is 18.3 Å². The van der Waals surface area contributed by atoms with Crippen molar-refractivity contribution in [3.05, 3.63) is 76.4 Å². The van der Waals surface area contributed by atoms with E-state index in [-0.39, 0.29) is 17.1 Å². The third kappa shape index (κ3) is 7.40. The Hall–Kier alpha value is -3.82. The van der Waals surface area contributed by atoms with Gasteiger partial charge in [-0.2, -0.15) is 0 Å². The Kier molecular flexibility index (Phi) is 9.27. The first-order valence-corrected chi connectivity index (χ1v) is 15.4. The standard InChI is InChI=1S/C34H42N4O4S/c1-19-9-11-23(15-24(19)22-10-12-27(21(3)39)36-18-22)37-32(42)38-30-25(16-28(43-30)33(4,5)6)29(40)26-17-34(7,8)31(41)35-14-13-20(26)2/h9-12,15-16,18,21,26,39H,2,13-14,17H2,1,3-8H3,(H,35,41)(H2,37,38,42). The summed E-state index contributed by atoms with van der Waals surface area (Å²) in [6.07, 6.45) is 1.91. The molecule has 8 nitrogen and oxygen atoms in total. The van der Waals surface area contributed by atoms with E-state index in [0.717, 1.165) is 27.1 Å². The Morgan fingerprint density at radius 2 is 1.88 bits per heavy atom. The molecule has 0 radical (unpaired) electrons. The van der Waals surface area contributed by atoms with E-state index in [2.05, 4.69) is 48.3 Å². The van der Waals surface area contributed by atoms with Crippen molar-refractivity contribution in [2.24, 2.45) is 11.3 Å². The van der Waals surface area contributed by atoms with Crippen LogP contribution in [0.1, 0.15) is 87.0 Å². The number of thiophene rings is 1. The highest BCUT2D eigenvalue weighted by Gasteiger charge is 2.38.